The van der Waals surface area contributed by atoms with Crippen molar-refractivity contribution < 1.29 is 19.4 Å². The van der Waals surface area contributed by atoms with E-state index < -0.39 is 12.0 Å². The zero-order valence-electron chi connectivity index (χ0n) is 9.90. The van der Waals surface area contributed by atoms with Crippen molar-refractivity contribution in [2.24, 2.45) is 5.73 Å². The second kappa shape index (κ2) is 5.16. The number of carbonyl (C=O) groups is 1. The molecule has 1 atom stereocenters. The number of hydrogen-bond acceptors (Lipinski definition) is 4. The van der Waals surface area contributed by atoms with E-state index in [0.29, 0.717) is 24.7 Å². The van der Waals surface area contributed by atoms with E-state index in [2.05, 4.69) is 15.9 Å². The molecular formula is C12H14BrNO4. The maximum Gasteiger partial charge on any atom is 0.320 e. The molecule has 0 saturated carbocycles. The molecule has 0 fully saturated rings. The number of rotatable bonds is 3. The third-order valence-electron chi connectivity index (χ3n) is 2.90. The zero-order chi connectivity index (χ0) is 13.3. The molecule has 0 amide bonds. The summed E-state index contributed by atoms with van der Waals surface area (Å²) in [6, 6.07) is 0.882. The van der Waals surface area contributed by atoms with Gasteiger partial charge in [-0.3, -0.25) is 4.79 Å². The summed E-state index contributed by atoms with van der Waals surface area (Å²) < 4.78 is 11.9. The molecule has 0 saturated heterocycles. The van der Waals surface area contributed by atoms with E-state index in [9.17, 15) is 4.79 Å². The largest absolute Gasteiger partial charge is 0.486 e. The Hall–Kier alpha value is -1.27. The number of halogens is 1. The average Bonchev–Trinajstić information content (AvgIpc) is 2.34. The fourth-order valence-corrected chi connectivity index (χ4v) is 2.31. The lowest BCUT2D eigenvalue weighted by atomic mass is 9.99. The van der Waals surface area contributed by atoms with E-state index >= 15 is 0 Å². The first kappa shape index (κ1) is 13.2. The molecule has 0 radical (unpaired) electrons. The number of nitrogens with two attached hydrogens (primary N) is 1. The number of ether oxygens (including phenoxy) is 2. The van der Waals surface area contributed by atoms with Crippen molar-refractivity contribution in [3.63, 3.8) is 0 Å². The van der Waals surface area contributed by atoms with Gasteiger partial charge in [0.05, 0.1) is 0 Å². The lowest BCUT2D eigenvalue weighted by molar-refractivity contribution is -0.138. The monoisotopic (exact) mass is 315 g/mol. The molecule has 0 aromatic heterocycles. The number of hydrogen-bond donors (Lipinski definition) is 2. The molecule has 18 heavy (non-hydrogen) atoms. The Morgan fingerprint density at radius 2 is 2.22 bits per heavy atom. The van der Waals surface area contributed by atoms with Crippen LogP contribution in [0.1, 0.15) is 11.1 Å². The maximum atomic E-state index is 10.9. The molecule has 1 aromatic rings. The minimum Gasteiger partial charge on any atom is -0.486 e. The lowest BCUT2D eigenvalue weighted by Gasteiger charge is -2.24. The highest BCUT2D eigenvalue weighted by Gasteiger charge is 2.23. The first-order valence-electron chi connectivity index (χ1n) is 5.56. The van der Waals surface area contributed by atoms with Crippen LogP contribution in [0.2, 0.25) is 0 Å². The lowest BCUT2D eigenvalue weighted by Crippen LogP contribution is -2.33. The highest BCUT2D eigenvalue weighted by atomic mass is 79.9. The van der Waals surface area contributed by atoms with E-state index in [1.54, 1.807) is 0 Å². The van der Waals surface area contributed by atoms with Crippen molar-refractivity contribution in [2.45, 2.75) is 19.4 Å². The van der Waals surface area contributed by atoms with Gasteiger partial charge in [0.25, 0.3) is 0 Å². The Balaban J connectivity index is 2.43. The van der Waals surface area contributed by atoms with Crippen LogP contribution in [-0.4, -0.2) is 30.3 Å². The number of aliphatic carboxylic acids is 1. The summed E-state index contributed by atoms with van der Waals surface area (Å²) >= 11 is 3.43. The fraction of sp³-hybridized carbons (Fsp3) is 0.417. The summed E-state index contributed by atoms with van der Waals surface area (Å²) in [5.74, 6) is 0.213. The van der Waals surface area contributed by atoms with Crippen LogP contribution >= 0.6 is 15.9 Å². The summed E-state index contributed by atoms with van der Waals surface area (Å²) in [5, 5.41) is 8.90. The average molecular weight is 316 g/mol. The van der Waals surface area contributed by atoms with Crippen LogP contribution in [0, 0.1) is 6.92 Å². The summed E-state index contributed by atoms with van der Waals surface area (Å²) in [4.78, 5) is 10.9. The van der Waals surface area contributed by atoms with Gasteiger partial charge in [-0.25, -0.2) is 0 Å². The predicted molar refractivity (Wildman–Crippen MR) is 69.2 cm³/mol. The zero-order valence-corrected chi connectivity index (χ0v) is 11.5. The Morgan fingerprint density at radius 3 is 2.89 bits per heavy atom. The SMILES string of the molecule is Cc1c(Br)cc2c(c1CC(N)C(=O)O)OCCO2. The first-order valence-corrected chi connectivity index (χ1v) is 6.36. The van der Waals surface area contributed by atoms with Gasteiger partial charge in [0.15, 0.2) is 11.5 Å². The molecule has 1 aliphatic heterocycles. The molecule has 0 aliphatic carbocycles. The van der Waals surface area contributed by atoms with Crippen LogP contribution in [0.15, 0.2) is 10.5 Å². The molecule has 2 rings (SSSR count). The number of benzene rings is 1. The minimum atomic E-state index is -1.03. The Bertz CT molecular complexity index is 489. The third kappa shape index (κ3) is 2.44. The minimum absolute atomic E-state index is 0.215. The van der Waals surface area contributed by atoms with Gasteiger partial charge in [-0.15, -0.1) is 0 Å². The summed E-state index contributed by atoms with van der Waals surface area (Å²) in [6.45, 7) is 2.85. The first-order chi connectivity index (χ1) is 8.50. The Labute approximate surface area is 113 Å². The number of carboxylic acids is 1. The predicted octanol–water partition coefficient (Wildman–Crippen LogP) is 1.48. The molecule has 6 heteroatoms. The van der Waals surface area contributed by atoms with Crippen molar-refractivity contribution in [3.05, 3.63) is 21.7 Å². The number of fused-ring (bicyclic) bond motifs is 1. The fourth-order valence-electron chi connectivity index (χ4n) is 1.87. The molecule has 3 N–H and O–H groups in total. The van der Waals surface area contributed by atoms with Gasteiger partial charge in [-0.05, 0) is 18.6 Å². The third-order valence-corrected chi connectivity index (χ3v) is 3.72. The summed E-state index contributed by atoms with van der Waals surface area (Å²) in [6.07, 6.45) is 0.215. The molecule has 0 spiro atoms. The second-order valence-electron chi connectivity index (χ2n) is 4.13. The molecule has 5 nitrogen and oxygen atoms in total. The smallest absolute Gasteiger partial charge is 0.320 e. The van der Waals surface area contributed by atoms with Gasteiger partial charge >= 0.3 is 5.97 Å². The van der Waals surface area contributed by atoms with Gasteiger partial charge in [-0.2, -0.15) is 0 Å². The highest BCUT2D eigenvalue weighted by Crippen LogP contribution is 2.40. The van der Waals surface area contributed by atoms with Crippen LogP contribution in [0.5, 0.6) is 11.5 Å². The van der Waals surface area contributed by atoms with Crippen LogP contribution in [0.3, 0.4) is 0 Å². The van der Waals surface area contributed by atoms with Crippen LogP contribution in [-0.2, 0) is 11.2 Å². The maximum absolute atomic E-state index is 10.9. The Morgan fingerprint density at radius 1 is 1.56 bits per heavy atom. The highest BCUT2D eigenvalue weighted by molar-refractivity contribution is 9.10. The van der Waals surface area contributed by atoms with Gasteiger partial charge < -0.3 is 20.3 Å². The molecule has 98 valence electrons. The van der Waals surface area contributed by atoms with Gasteiger partial charge in [0.1, 0.15) is 19.3 Å². The van der Waals surface area contributed by atoms with Crippen molar-refractivity contribution in [3.8, 4) is 11.5 Å². The Kier molecular flexibility index (Phi) is 3.77. The molecule has 0 bridgehead atoms. The molecule has 1 aliphatic rings. The number of carboxylic acid groups (broad SMARTS) is 1. The van der Waals surface area contributed by atoms with Gasteiger partial charge in [0, 0.05) is 16.5 Å². The van der Waals surface area contributed by atoms with Crippen LogP contribution in [0.25, 0.3) is 0 Å². The van der Waals surface area contributed by atoms with Crippen molar-refractivity contribution in [1.29, 1.82) is 0 Å². The van der Waals surface area contributed by atoms with Crippen molar-refractivity contribution in [1.82, 2.24) is 0 Å². The van der Waals surface area contributed by atoms with Gasteiger partial charge in [-0.1, -0.05) is 15.9 Å². The van der Waals surface area contributed by atoms with E-state index in [4.69, 9.17) is 20.3 Å². The molecule has 1 aromatic carbocycles. The van der Waals surface area contributed by atoms with Crippen LogP contribution in [0.4, 0.5) is 0 Å². The molecule has 1 heterocycles. The summed E-state index contributed by atoms with van der Waals surface area (Å²) in [5.41, 5.74) is 7.30. The standard InChI is InChI=1S/C12H14BrNO4/c1-6-7(4-9(14)12(15)16)11-10(5-8(6)13)17-2-3-18-11/h5,9H,2-4,14H2,1H3,(H,15,16). The van der Waals surface area contributed by atoms with E-state index in [0.717, 1.165) is 15.6 Å². The van der Waals surface area contributed by atoms with E-state index in [1.807, 2.05) is 13.0 Å². The topological polar surface area (TPSA) is 81.8 Å². The van der Waals surface area contributed by atoms with Crippen molar-refractivity contribution >= 4 is 21.9 Å². The normalized spacial score (nSPS) is 15.3. The second-order valence-corrected chi connectivity index (χ2v) is 4.99. The van der Waals surface area contributed by atoms with Crippen LogP contribution < -0.4 is 15.2 Å². The summed E-state index contributed by atoms with van der Waals surface area (Å²) in [7, 11) is 0. The quantitative estimate of drug-likeness (QED) is 0.883. The van der Waals surface area contributed by atoms with E-state index in [1.165, 1.54) is 0 Å². The molecular weight excluding hydrogens is 302 g/mol. The molecule has 1 unspecified atom stereocenters. The van der Waals surface area contributed by atoms with Gasteiger partial charge in [0.2, 0.25) is 0 Å². The van der Waals surface area contributed by atoms with Crippen molar-refractivity contribution in [2.75, 3.05) is 13.2 Å². The van der Waals surface area contributed by atoms with E-state index in [-0.39, 0.29) is 6.42 Å².